The van der Waals surface area contributed by atoms with E-state index in [4.69, 9.17) is 4.74 Å². The van der Waals surface area contributed by atoms with Crippen molar-refractivity contribution in [3.63, 3.8) is 0 Å². The van der Waals surface area contributed by atoms with Crippen LogP contribution in [0.5, 0.6) is 0 Å². The van der Waals surface area contributed by atoms with Crippen LogP contribution in [-0.2, 0) is 10.3 Å². The Kier molecular flexibility index (Phi) is 5.81. The first-order valence-electron chi connectivity index (χ1n) is 7.08. The van der Waals surface area contributed by atoms with Gasteiger partial charge in [0.15, 0.2) is 0 Å². The van der Waals surface area contributed by atoms with Gasteiger partial charge >= 0.3 is 6.09 Å². The van der Waals surface area contributed by atoms with E-state index in [-0.39, 0.29) is 6.09 Å². The molecule has 110 valence electrons. The molecule has 0 aliphatic rings. The Labute approximate surface area is 122 Å². The summed E-state index contributed by atoms with van der Waals surface area (Å²) >= 11 is 0. The predicted octanol–water partition coefficient (Wildman–Crippen LogP) is 4.48. The Morgan fingerprint density at radius 2 is 1.90 bits per heavy atom. The number of unbranched alkanes of at least 4 members (excludes halogenated alkanes) is 1. The number of ether oxygens (including phenoxy) is 1. The molecule has 0 atom stereocenters. The number of nitrogens with one attached hydrogen (secondary N) is 1. The minimum absolute atomic E-state index is 0.368. The van der Waals surface area contributed by atoms with Crippen LogP contribution in [0, 0.1) is 0 Å². The van der Waals surface area contributed by atoms with Crippen LogP contribution in [-0.4, -0.2) is 12.7 Å². The van der Waals surface area contributed by atoms with Crippen LogP contribution in [0.4, 0.5) is 4.79 Å². The molecular formula is C17H25NO2. The molecule has 0 bridgehead atoms. The summed E-state index contributed by atoms with van der Waals surface area (Å²) in [5, 5.41) is 2.90. The first kappa shape index (κ1) is 16.3. The molecule has 3 nitrogen and oxygen atoms in total. The Morgan fingerprint density at radius 1 is 1.30 bits per heavy atom. The van der Waals surface area contributed by atoms with E-state index in [1.807, 2.05) is 45.0 Å². The van der Waals surface area contributed by atoms with E-state index in [9.17, 15) is 4.79 Å². The first-order chi connectivity index (χ1) is 9.36. The molecule has 0 aliphatic heterocycles. The molecule has 0 fully saturated rings. The molecule has 1 rings (SSSR count). The third-order valence-corrected chi connectivity index (χ3v) is 3.24. The van der Waals surface area contributed by atoms with Crippen molar-refractivity contribution in [3.05, 3.63) is 42.0 Å². The van der Waals surface area contributed by atoms with Crippen molar-refractivity contribution in [3.8, 4) is 0 Å². The van der Waals surface area contributed by atoms with Gasteiger partial charge in [0.05, 0.1) is 12.1 Å². The van der Waals surface area contributed by atoms with Crippen LogP contribution in [0.25, 0.3) is 5.57 Å². The van der Waals surface area contributed by atoms with Crippen LogP contribution in [0.1, 0.15) is 51.7 Å². The third-order valence-electron chi connectivity index (χ3n) is 3.24. The van der Waals surface area contributed by atoms with E-state index in [2.05, 4.69) is 18.8 Å². The van der Waals surface area contributed by atoms with E-state index in [1.54, 1.807) is 0 Å². The number of hydrogen-bond acceptors (Lipinski definition) is 2. The molecule has 0 saturated carbocycles. The largest absolute Gasteiger partial charge is 0.450 e. The van der Waals surface area contributed by atoms with Gasteiger partial charge in [-0.05, 0) is 38.3 Å². The Morgan fingerprint density at radius 3 is 2.40 bits per heavy atom. The molecule has 1 amide bonds. The summed E-state index contributed by atoms with van der Waals surface area (Å²) in [6.07, 6.45) is 1.53. The van der Waals surface area contributed by atoms with E-state index in [1.165, 1.54) is 0 Å². The summed E-state index contributed by atoms with van der Waals surface area (Å²) < 4.78 is 5.14. The van der Waals surface area contributed by atoms with Gasteiger partial charge in [0.1, 0.15) is 0 Å². The number of allylic oxidation sites excluding steroid dienone is 1. The maximum absolute atomic E-state index is 11.7. The second-order valence-corrected chi connectivity index (χ2v) is 5.60. The highest BCUT2D eigenvalue weighted by molar-refractivity contribution is 5.68. The van der Waals surface area contributed by atoms with Crippen molar-refractivity contribution in [2.45, 2.75) is 46.1 Å². The highest BCUT2D eigenvalue weighted by Crippen LogP contribution is 2.22. The van der Waals surface area contributed by atoms with Crippen LogP contribution in [0.3, 0.4) is 0 Å². The SMILES string of the molecule is C=C(C)c1ccc(C(C)(C)NC(=O)OCCCC)cc1. The highest BCUT2D eigenvalue weighted by Gasteiger charge is 2.23. The van der Waals surface area contributed by atoms with Crippen molar-refractivity contribution >= 4 is 11.7 Å². The smallest absolute Gasteiger partial charge is 0.407 e. The van der Waals surface area contributed by atoms with Crippen molar-refractivity contribution < 1.29 is 9.53 Å². The maximum Gasteiger partial charge on any atom is 0.407 e. The van der Waals surface area contributed by atoms with Gasteiger partial charge in [-0.2, -0.15) is 0 Å². The first-order valence-corrected chi connectivity index (χ1v) is 7.08. The quantitative estimate of drug-likeness (QED) is 0.777. The van der Waals surface area contributed by atoms with Gasteiger partial charge in [-0.1, -0.05) is 49.8 Å². The molecule has 0 unspecified atom stereocenters. The second kappa shape index (κ2) is 7.13. The average molecular weight is 275 g/mol. The number of rotatable bonds is 6. The number of amides is 1. The van der Waals surface area contributed by atoms with E-state index in [0.717, 1.165) is 29.5 Å². The van der Waals surface area contributed by atoms with Gasteiger partial charge < -0.3 is 10.1 Å². The van der Waals surface area contributed by atoms with Crippen LogP contribution >= 0.6 is 0 Å². The molecule has 0 spiro atoms. The van der Waals surface area contributed by atoms with Crippen molar-refractivity contribution in [2.75, 3.05) is 6.61 Å². The van der Waals surface area contributed by atoms with Crippen LogP contribution in [0.15, 0.2) is 30.8 Å². The minimum Gasteiger partial charge on any atom is -0.450 e. The fourth-order valence-electron chi connectivity index (χ4n) is 1.84. The Balaban J connectivity index is 2.67. The topological polar surface area (TPSA) is 38.3 Å². The molecule has 0 aromatic heterocycles. The lowest BCUT2D eigenvalue weighted by molar-refractivity contribution is 0.134. The summed E-state index contributed by atoms with van der Waals surface area (Å²) in [6.45, 7) is 12.3. The monoisotopic (exact) mass is 275 g/mol. The molecule has 20 heavy (non-hydrogen) atoms. The summed E-state index contributed by atoms with van der Waals surface area (Å²) in [4.78, 5) is 11.7. The van der Waals surface area contributed by atoms with Gasteiger partial charge in [-0.15, -0.1) is 0 Å². The molecule has 0 heterocycles. The molecular weight excluding hydrogens is 250 g/mol. The normalized spacial score (nSPS) is 11.0. The van der Waals surface area contributed by atoms with Crippen LogP contribution in [0.2, 0.25) is 0 Å². The number of carbonyl (C=O) groups excluding carboxylic acids is 1. The van der Waals surface area contributed by atoms with Crippen molar-refractivity contribution in [2.24, 2.45) is 0 Å². The summed E-state index contributed by atoms with van der Waals surface area (Å²) in [6, 6.07) is 8.06. The lowest BCUT2D eigenvalue weighted by Crippen LogP contribution is -2.41. The van der Waals surface area contributed by atoms with E-state index >= 15 is 0 Å². The Bertz CT molecular complexity index is 460. The zero-order valence-corrected chi connectivity index (χ0v) is 13.0. The van der Waals surface area contributed by atoms with Gasteiger partial charge in [0.2, 0.25) is 0 Å². The Hall–Kier alpha value is -1.77. The third kappa shape index (κ3) is 4.72. The standard InChI is InChI=1S/C17H25NO2/c1-6-7-12-20-16(19)18-17(4,5)15-10-8-14(9-11-15)13(2)3/h8-11H,2,6-7,12H2,1,3-5H3,(H,18,19). The number of carbonyl (C=O) groups is 1. The molecule has 0 aliphatic carbocycles. The molecule has 3 heteroatoms. The van der Waals surface area contributed by atoms with Crippen molar-refractivity contribution in [1.29, 1.82) is 0 Å². The van der Waals surface area contributed by atoms with Gasteiger partial charge in [-0.3, -0.25) is 0 Å². The van der Waals surface area contributed by atoms with Gasteiger partial charge in [-0.25, -0.2) is 4.79 Å². The second-order valence-electron chi connectivity index (χ2n) is 5.60. The number of alkyl carbamates (subject to hydrolysis) is 1. The lowest BCUT2D eigenvalue weighted by Gasteiger charge is -2.26. The summed E-state index contributed by atoms with van der Waals surface area (Å²) in [5.74, 6) is 0. The van der Waals surface area contributed by atoms with Gasteiger partial charge in [0, 0.05) is 0 Å². The molecule has 1 aromatic carbocycles. The molecule has 1 N–H and O–H groups in total. The average Bonchev–Trinajstić information content (AvgIpc) is 2.38. The molecule has 0 radical (unpaired) electrons. The minimum atomic E-state index is -0.461. The fourth-order valence-corrected chi connectivity index (χ4v) is 1.84. The molecule has 1 aromatic rings. The van der Waals surface area contributed by atoms with Gasteiger partial charge in [0.25, 0.3) is 0 Å². The van der Waals surface area contributed by atoms with E-state index < -0.39 is 5.54 Å². The van der Waals surface area contributed by atoms with Crippen molar-refractivity contribution in [1.82, 2.24) is 5.32 Å². The van der Waals surface area contributed by atoms with E-state index in [0.29, 0.717) is 6.61 Å². The van der Waals surface area contributed by atoms with Crippen LogP contribution < -0.4 is 5.32 Å². The fraction of sp³-hybridized carbons (Fsp3) is 0.471. The highest BCUT2D eigenvalue weighted by atomic mass is 16.5. The zero-order chi connectivity index (χ0) is 15.2. The lowest BCUT2D eigenvalue weighted by atomic mass is 9.93. The zero-order valence-electron chi connectivity index (χ0n) is 13.0. The number of hydrogen-bond donors (Lipinski definition) is 1. The summed E-state index contributed by atoms with van der Waals surface area (Å²) in [5.41, 5.74) is 2.71. The summed E-state index contributed by atoms with van der Waals surface area (Å²) in [7, 11) is 0. The number of benzene rings is 1. The molecule has 0 saturated heterocycles. The maximum atomic E-state index is 11.7. The predicted molar refractivity (Wildman–Crippen MR) is 83.6 cm³/mol.